The molecule has 3 heteroatoms. The van der Waals surface area contributed by atoms with Gasteiger partial charge < -0.3 is 15.3 Å². The molecule has 1 aromatic carbocycles. The lowest BCUT2D eigenvalue weighted by Gasteiger charge is -2.37. The number of hydrogen-bond acceptors (Lipinski definition) is 3. The number of aliphatic hydroxyl groups is 1. The monoisotopic (exact) mass is 206 g/mol. The molecule has 0 aliphatic carbocycles. The number of benzene rings is 1. The molecule has 1 atom stereocenters. The maximum absolute atomic E-state index is 9.26. The molecule has 0 fully saturated rings. The van der Waals surface area contributed by atoms with Crippen LogP contribution in [0.3, 0.4) is 0 Å². The smallest absolute Gasteiger partial charge is 0.0702 e. The zero-order chi connectivity index (χ0) is 10.8. The Kier molecular flexibility index (Phi) is 2.82. The second kappa shape index (κ2) is 4.11. The first-order chi connectivity index (χ1) is 7.27. The van der Waals surface area contributed by atoms with Gasteiger partial charge in [0.25, 0.3) is 0 Å². The van der Waals surface area contributed by atoms with Gasteiger partial charge in [0.1, 0.15) is 0 Å². The van der Waals surface area contributed by atoms with Crippen LogP contribution in [-0.2, 0) is 6.61 Å². The van der Waals surface area contributed by atoms with Gasteiger partial charge in [-0.05, 0) is 19.9 Å². The van der Waals surface area contributed by atoms with E-state index in [0.29, 0.717) is 6.04 Å². The van der Waals surface area contributed by atoms with Crippen molar-refractivity contribution in [1.29, 1.82) is 0 Å². The van der Waals surface area contributed by atoms with E-state index < -0.39 is 0 Å². The minimum absolute atomic E-state index is 0.0993. The van der Waals surface area contributed by atoms with Crippen molar-refractivity contribution in [2.75, 3.05) is 23.3 Å². The van der Waals surface area contributed by atoms with Gasteiger partial charge in [0, 0.05) is 24.7 Å². The lowest BCUT2D eigenvalue weighted by atomic mass is 10.1. The van der Waals surface area contributed by atoms with Crippen LogP contribution in [0.2, 0.25) is 0 Å². The molecule has 82 valence electrons. The fourth-order valence-electron chi connectivity index (χ4n) is 2.24. The van der Waals surface area contributed by atoms with Gasteiger partial charge in [-0.15, -0.1) is 0 Å². The van der Waals surface area contributed by atoms with Crippen LogP contribution < -0.4 is 10.2 Å². The number of nitrogens with zero attached hydrogens (tertiary/aromatic N) is 1. The molecular weight excluding hydrogens is 188 g/mol. The molecule has 0 bridgehead atoms. The van der Waals surface area contributed by atoms with Gasteiger partial charge in [-0.25, -0.2) is 0 Å². The largest absolute Gasteiger partial charge is 0.392 e. The van der Waals surface area contributed by atoms with Crippen LogP contribution in [0.25, 0.3) is 0 Å². The lowest BCUT2D eigenvalue weighted by Crippen LogP contribution is -2.42. The van der Waals surface area contributed by atoms with Crippen molar-refractivity contribution >= 4 is 11.4 Å². The summed E-state index contributed by atoms with van der Waals surface area (Å²) in [4.78, 5) is 2.37. The van der Waals surface area contributed by atoms with E-state index in [1.165, 1.54) is 5.69 Å². The van der Waals surface area contributed by atoms with Crippen LogP contribution >= 0.6 is 0 Å². The zero-order valence-electron chi connectivity index (χ0n) is 9.33. The number of hydrogen-bond donors (Lipinski definition) is 2. The quantitative estimate of drug-likeness (QED) is 0.774. The number of rotatable bonds is 2. The Labute approximate surface area is 90.7 Å². The summed E-state index contributed by atoms with van der Waals surface area (Å²) in [7, 11) is 0. The van der Waals surface area contributed by atoms with Gasteiger partial charge in [0.15, 0.2) is 0 Å². The molecule has 1 aliphatic heterocycles. The van der Waals surface area contributed by atoms with E-state index in [9.17, 15) is 5.11 Å². The molecule has 1 aliphatic rings. The van der Waals surface area contributed by atoms with Gasteiger partial charge in [0.05, 0.1) is 18.0 Å². The van der Waals surface area contributed by atoms with Gasteiger partial charge in [-0.3, -0.25) is 0 Å². The number of para-hydroxylation sites is 1. The van der Waals surface area contributed by atoms with Gasteiger partial charge in [-0.2, -0.15) is 0 Å². The SMILES string of the molecule is CCN1c2cccc(CO)c2NCC1C. The van der Waals surface area contributed by atoms with Crippen LogP contribution in [0.4, 0.5) is 11.4 Å². The first-order valence-corrected chi connectivity index (χ1v) is 5.51. The van der Waals surface area contributed by atoms with Gasteiger partial charge in [-0.1, -0.05) is 12.1 Å². The van der Waals surface area contributed by atoms with E-state index in [4.69, 9.17) is 0 Å². The van der Waals surface area contributed by atoms with Crippen LogP contribution in [0.1, 0.15) is 19.4 Å². The lowest BCUT2D eigenvalue weighted by molar-refractivity contribution is 0.282. The standard InChI is InChI=1S/C12H18N2O/c1-3-14-9(2)7-13-12-10(8-15)5-4-6-11(12)14/h4-6,9,13,15H,3,7-8H2,1-2H3. The summed E-state index contributed by atoms with van der Waals surface area (Å²) < 4.78 is 0. The molecule has 2 N–H and O–H groups in total. The molecule has 0 amide bonds. The number of fused-ring (bicyclic) bond motifs is 1. The van der Waals surface area contributed by atoms with Crippen molar-refractivity contribution in [3.8, 4) is 0 Å². The number of nitrogens with one attached hydrogen (secondary N) is 1. The highest BCUT2D eigenvalue weighted by Gasteiger charge is 2.22. The highest BCUT2D eigenvalue weighted by atomic mass is 16.3. The van der Waals surface area contributed by atoms with E-state index in [-0.39, 0.29) is 6.61 Å². The summed E-state index contributed by atoms with van der Waals surface area (Å²) in [6.45, 7) is 6.42. The fraction of sp³-hybridized carbons (Fsp3) is 0.500. The van der Waals surface area contributed by atoms with E-state index in [1.54, 1.807) is 0 Å². The maximum atomic E-state index is 9.26. The summed E-state index contributed by atoms with van der Waals surface area (Å²) in [6, 6.07) is 6.60. The highest BCUT2D eigenvalue weighted by Crippen LogP contribution is 2.34. The molecular formula is C12H18N2O. The minimum atomic E-state index is 0.0993. The first kappa shape index (κ1) is 10.3. The van der Waals surface area contributed by atoms with Crippen LogP contribution in [-0.4, -0.2) is 24.2 Å². The minimum Gasteiger partial charge on any atom is -0.392 e. The molecule has 0 spiro atoms. The van der Waals surface area contributed by atoms with Crippen molar-refractivity contribution < 1.29 is 5.11 Å². The summed E-state index contributed by atoms with van der Waals surface area (Å²) in [5.41, 5.74) is 3.29. The molecule has 0 saturated carbocycles. The maximum Gasteiger partial charge on any atom is 0.0702 e. The Morgan fingerprint density at radius 3 is 3.00 bits per heavy atom. The average molecular weight is 206 g/mol. The van der Waals surface area contributed by atoms with E-state index >= 15 is 0 Å². The Hall–Kier alpha value is -1.22. The molecule has 1 aromatic rings. The second-order valence-corrected chi connectivity index (χ2v) is 3.99. The molecule has 1 heterocycles. The Morgan fingerprint density at radius 2 is 2.33 bits per heavy atom. The zero-order valence-corrected chi connectivity index (χ0v) is 9.33. The average Bonchev–Trinajstić information content (AvgIpc) is 2.28. The number of anilines is 2. The molecule has 15 heavy (non-hydrogen) atoms. The molecule has 0 aromatic heterocycles. The first-order valence-electron chi connectivity index (χ1n) is 5.51. The number of aliphatic hydroxyl groups excluding tert-OH is 1. The van der Waals surface area contributed by atoms with Crippen LogP contribution in [0.5, 0.6) is 0 Å². The van der Waals surface area contributed by atoms with E-state index in [1.807, 2.05) is 12.1 Å². The fourth-order valence-corrected chi connectivity index (χ4v) is 2.24. The van der Waals surface area contributed by atoms with Crippen molar-refractivity contribution in [2.24, 2.45) is 0 Å². The summed E-state index contributed by atoms with van der Waals surface area (Å²) in [6.07, 6.45) is 0. The third kappa shape index (κ3) is 1.67. The van der Waals surface area contributed by atoms with Crippen molar-refractivity contribution in [3.63, 3.8) is 0 Å². The summed E-state index contributed by atoms with van der Waals surface area (Å²) in [5.74, 6) is 0. The van der Waals surface area contributed by atoms with Crippen molar-refractivity contribution in [2.45, 2.75) is 26.5 Å². The molecule has 0 radical (unpaired) electrons. The van der Waals surface area contributed by atoms with Crippen molar-refractivity contribution in [1.82, 2.24) is 0 Å². The Morgan fingerprint density at radius 1 is 1.53 bits per heavy atom. The molecule has 3 nitrogen and oxygen atoms in total. The number of likely N-dealkylation sites (N-methyl/N-ethyl adjacent to an activating group) is 1. The Bertz CT molecular complexity index is 351. The predicted octanol–water partition coefficient (Wildman–Crippen LogP) is 1.82. The predicted molar refractivity (Wildman–Crippen MR) is 63.3 cm³/mol. The van der Waals surface area contributed by atoms with Crippen LogP contribution in [0, 0.1) is 0 Å². The van der Waals surface area contributed by atoms with Gasteiger partial charge in [0.2, 0.25) is 0 Å². The van der Waals surface area contributed by atoms with Crippen molar-refractivity contribution in [3.05, 3.63) is 23.8 Å². The van der Waals surface area contributed by atoms with Crippen LogP contribution in [0.15, 0.2) is 18.2 Å². The van der Waals surface area contributed by atoms with Gasteiger partial charge >= 0.3 is 0 Å². The highest BCUT2D eigenvalue weighted by molar-refractivity contribution is 5.76. The topological polar surface area (TPSA) is 35.5 Å². The van der Waals surface area contributed by atoms with E-state index in [0.717, 1.165) is 24.3 Å². The molecule has 2 rings (SSSR count). The Balaban J connectivity index is 2.45. The second-order valence-electron chi connectivity index (χ2n) is 3.99. The third-order valence-corrected chi connectivity index (χ3v) is 3.06. The summed E-state index contributed by atoms with van der Waals surface area (Å²) in [5, 5.41) is 12.7. The third-order valence-electron chi connectivity index (χ3n) is 3.06. The molecule has 1 unspecified atom stereocenters. The molecule has 0 saturated heterocycles. The van der Waals surface area contributed by atoms with E-state index in [2.05, 4.69) is 30.1 Å². The normalized spacial score (nSPS) is 19.7. The summed E-state index contributed by atoms with van der Waals surface area (Å²) >= 11 is 0.